The van der Waals surface area contributed by atoms with Gasteiger partial charge in [-0.15, -0.1) is 0 Å². The minimum absolute atomic E-state index is 0.249. The summed E-state index contributed by atoms with van der Waals surface area (Å²) in [6.45, 7) is 3.55. The molecule has 0 aromatic heterocycles. The van der Waals surface area contributed by atoms with Gasteiger partial charge in [-0.1, -0.05) is 38.1 Å². The Morgan fingerprint density at radius 3 is 2.39 bits per heavy atom. The first-order valence-electron chi connectivity index (χ1n) is 5.93. The highest BCUT2D eigenvalue weighted by Crippen LogP contribution is 2.60. The van der Waals surface area contributed by atoms with Crippen molar-refractivity contribution in [3.63, 3.8) is 0 Å². The van der Waals surface area contributed by atoms with Gasteiger partial charge in [-0.2, -0.15) is 5.26 Å². The third-order valence-corrected chi connectivity index (χ3v) is 5.48. The smallest absolute Gasteiger partial charge is 0.324 e. The fourth-order valence-corrected chi connectivity index (χ4v) is 3.60. The van der Waals surface area contributed by atoms with Gasteiger partial charge in [0.2, 0.25) is 0 Å². The normalized spacial score (nSPS) is 12.2. The zero-order valence-corrected chi connectivity index (χ0v) is 11.5. The Morgan fingerprint density at radius 2 is 1.94 bits per heavy atom. The van der Waals surface area contributed by atoms with Crippen molar-refractivity contribution in [2.24, 2.45) is 0 Å². The van der Waals surface area contributed by atoms with Crippen LogP contribution in [0.5, 0.6) is 0 Å². The third kappa shape index (κ3) is 2.64. The first-order valence-corrected chi connectivity index (χ1v) is 7.54. The topological polar surface area (TPSA) is 81.3 Å². The molecule has 0 amide bonds. The van der Waals surface area contributed by atoms with E-state index in [1.54, 1.807) is 38.1 Å². The predicted molar refractivity (Wildman–Crippen MR) is 70.1 cm³/mol. The summed E-state index contributed by atoms with van der Waals surface area (Å²) in [5.41, 5.74) is 1.41. The van der Waals surface area contributed by atoms with Crippen molar-refractivity contribution in [1.82, 2.24) is 0 Å². The molecule has 0 unspecified atom stereocenters. The second-order valence-electron chi connectivity index (χ2n) is 4.32. The molecule has 4 nitrogen and oxygen atoms in total. The van der Waals surface area contributed by atoms with Crippen molar-refractivity contribution in [2.45, 2.75) is 38.3 Å². The zero-order valence-electron chi connectivity index (χ0n) is 10.6. The van der Waals surface area contributed by atoms with E-state index >= 15 is 0 Å². The van der Waals surface area contributed by atoms with Gasteiger partial charge in [-0.05, 0) is 24.0 Å². The molecule has 98 valence electrons. The molecule has 5 heteroatoms. The van der Waals surface area contributed by atoms with Gasteiger partial charge in [-0.25, -0.2) is 0 Å². The number of benzene rings is 1. The van der Waals surface area contributed by atoms with Crippen LogP contribution < -0.4 is 0 Å². The maximum atomic E-state index is 11.8. The van der Waals surface area contributed by atoms with Crippen molar-refractivity contribution in [3.05, 3.63) is 35.4 Å². The zero-order chi connectivity index (χ0) is 13.8. The number of hydrogen-bond donors (Lipinski definition) is 2. The maximum Gasteiger partial charge on any atom is 0.335 e. The molecule has 1 aromatic rings. The van der Waals surface area contributed by atoms with Gasteiger partial charge in [0.15, 0.2) is 0 Å². The molecule has 0 saturated carbocycles. The monoisotopic (exact) mass is 267 g/mol. The van der Waals surface area contributed by atoms with E-state index in [1.807, 2.05) is 6.07 Å². The SMILES string of the molecule is CCC(CC)(c1cccc(CC#N)c1)P(=O)(O)O. The first kappa shape index (κ1) is 14.9. The van der Waals surface area contributed by atoms with E-state index in [2.05, 4.69) is 0 Å². The van der Waals surface area contributed by atoms with Crippen molar-refractivity contribution < 1.29 is 14.4 Å². The van der Waals surface area contributed by atoms with Gasteiger partial charge >= 0.3 is 7.60 Å². The Bertz CT molecular complexity index is 497. The highest BCUT2D eigenvalue weighted by molar-refractivity contribution is 7.53. The molecule has 0 aliphatic rings. The van der Waals surface area contributed by atoms with Crippen molar-refractivity contribution in [1.29, 1.82) is 5.26 Å². The lowest BCUT2D eigenvalue weighted by molar-refractivity contribution is 0.315. The maximum absolute atomic E-state index is 11.8. The lowest BCUT2D eigenvalue weighted by Crippen LogP contribution is -2.24. The van der Waals surface area contributed by atoms with Crippen molar-refractivity contribution >= 4 is 7.60 Å². The fourth-order valence-electron chi connectivity index (χ4n) is 2.30. The van der Waals surface area contributed by atoms with E-state index in [9.17, 15) is 14.4 Å². The predicted octanol–water partition coefficient (Wildman–Crippen LogP) is 2.95. The van der Waals surface area contributed by atoms with Crippen LogP contribution in [0.25, 0.3) is 0 Å². The van der Waals surface area contributed by atoms with Gasteiger partial charge < -0.3 is 9.79 Å². The summed E-state index contributed by atoms with van der Waals surface area (Å²) < 4.78 is 11.8. The first-order chi connectivity index (χ1) is 8.41. The van der Waals surface area contributed by atoms with E-state index in [0.717, 1.165) is 5.56 Å². The molecule has 0 aliphatic heterocycles. The van der Waals surface area contributed by atoms with Crippen LogP contribution in [0.2, 0.25) is 0 Å². The Labute approximate surface area is 107 Å². The molecule has 1 aromatic carbocycles. The third-order valence-electron chi connectivity index (χ3n) is 3.47. The van der Waals surface area contributed by atoms with Crippen LogP contribution in [0.4, 0.5) is 0 Å². The van der Waals surface area contributed by atoms with E-state index in [4.69, 9.17) is 5.26 Å². The molecule has 0 atom stereocenters. The molecule has 18 heavy (non-hydrogen) atoms. The van der Waals surface area contributed by atoms with Crippen LogP contribution >= 0.6 is 7.60 Å². The molecule has 0 spiro atoms. The van der Waals surface area contributed by atoms with Crippen molar-refractivity contribution in [2.75, 3.05) is 0 Å². The van der Waals surface area contributed by atoms with Gasteiger partial charge in [0.05, 0.1) is 17.6 Å². The average molecular weight is 267 g/mol. The summed E-state index contributed by atoms with van der Waals surface area (Å²) in [6.07, 6.45) is 0.978. The van der Waals surface area contributed by atoms with Crippen LogP contribution in [0.1, 0.15) is 37.8 Å². The van der Waals surface area contributed by atoms with Gasteiger partial charge in [-0.3, -0.25) is 4.57 Å². The minimum atomic E-state index is -4.25. The molecular weight excluding hydrogens is 249 g/mol. The van der Waals surface area contributed by atoms with Crippen LogP contribution in [-0.4, -0.2) is 9.79 Å². The van der Waals surface area contributed by atoms with Crippen molar-refractivity contribution in [3.8, 4) is 6.07 Å². The second-order valence-corrected chi connectivity index (χ2v) is 6.26. The van der Waals surface area contributed by atoms with Crippen LogP contribution in [0.3, 0.4) is 0 Å². The van der Waals surface area contributed by atoms with Crippen LogP contribution in [0.15, 0.2) is 24.3 Å². The number of nitriles is 1. The van der Waals surface area contributed by atoms with E-state index in [0.29, 0.717) is 18.4 Å². The van der Waals surface area contributed by atoms with E-state index < -0.39 is 12.8 Å². The highest BCUT2D eigenvalue weighted by atomic mass is 31.2. The number of rotatable bonds is 5. The average Bonchev–Trinajstić information content (AvgIpc) is 2.30. The molecule has 0 saturated heterocycles. The largest absolute Gasteiger partial charge is 0.335 e. The summed E-state index contributed by atoms with van der Waals surface area (Å²) in [5.74, 6) is 0. The van der Waals surface area contributed by atoms with Gasteiger partial charge in [0.25, 0.3) is 0 Å². The van der Waals surface area contributed by atoms with E-state index in [1.165, 1.54) is 0 Å². The summed E-state index contributed by atoms with van der Waals surface area (Å²) in [6, 6.07) is 9.05. The molecule has 0 aliphatic carbocycles. The van der Waals surface area contributed by atoms with Gasteiger partial charge in [0.1, 0.15) is 0 Å². The lowest BCUT2D eigenvalue weighted by atomic mass is 9.91. The Morgan fingerprint density at radius 1 is 1.33 bits per heavy atom. The second kappa shape index (κ2) is 5.67. The summed E-state index contributed by atoms with van der Waals surface area (Å²) >= 11 is 0. The lowest BCUT2D eigenvalue weighted by Gasteiger charge is -2.33. The summed E-state index contributed by atoms with van der Waals surface area (Å²) in [7, 11) is -4.25. The van der Waals surface area contributed by atoms with Crippen LogP contribution in [0, 0.1) is 11.3 Å². The highest BCUT2D eigenvalue weighted by Gasteiger charge is 2.45. The van der Waals surface area contributed by atoms with Crippen LogP contribution in [-0.2, 0) is 16.1 Å². The molecule has 2 N–H and O–H groups in total. The molecule has 0 bridgehead atoms. The summed E-state index contributed by atoms with van der Waals surface area (Å²) in [4.78, 5) is 19.3. The van der Waals surface area contributed by atoms with E-state index in [-0.39, 0.29) is 6.42 Å². The standard InChI is InChI=1S/C13H18NO3P/c1-3-13(4-2,18(15,16)17)12-7-5-6-11(10-12)8-9-14/h5-7,10H,3-4,8H2,1-2H3,(H2,15,16,17). The minimum Gasteiger partial charge on any atom is -0.324 e. The molecule has 0 radical (unpaired) electrons. The van der Waals surface area contributed by atoms with Gasteiger partial charge in [0, 0.05) is 0 Å². The number of nitrogens with zero attached hydrogens (tertiary/aromatic N) is 1. The molecule has 1 rings (SSSR count). The fraction of sp³-hybridized carbons (Fsp3) is 0.462. The Hall–Kier alpha value is -1.14. The quantitative estimate of drug-likeness (QED) is 0.803. The molecule has 0 fully saturated rings. The summed E-state index contributed by atoms with van der Waals surface area (Å²) in [5, 5.41) is 7.54. The Balaban J connectivity index is 3.36. The Kier molecular flexibility index (Phi) is 4.70. The number of hydrogen-bond acceptors (Lipinski definition) is 2. The molecular formula is C13H18NO3P. The molecule has 0 heterocycles.